The van der Waals surface area contributed by atoms with Gasteiger partial charge in [-0.2, -0.15) is 0 Å². The molecule has 0 saturated carbocycles. The zero-order valence-electron chi connectivity index (χ0n) is 13.1. The summed E-state index contributed by atoms with van der Waals surface area (Å²) < 4.78 is 6.29. The Morgan fingerprint density at radius 2 is 1.70 bits per heavy atom. The Bertz CT molecular complexity index is 392. The molecule has 0 unspecified atom stereocenters. The highest BCUT2D eigenvalue weighted by Gasteiger charge is 2.35. The van der Waals surface area contributed by atoms with E-state index in [4.69, 9.17) is 4.43 Å². The molecule has 0 fully saturated rings. The monoisotopic (exact) mass is 292 g/mol. The molecule has 0 aromatic heterocycles. The maximum atomic E-state index is 11.0. The summed E-state index contributed by atoms with van der Waals surface area (Å²) in [6.07, 6.45) is 2.28. The zero-order chi connectivity index (χ0) is 15.1. The number of hydrogen-bond acceptors (Lipinski definition) is 2. The Kier molecular flexibility index (Phi) is 6.66. The van der Waals surface area contributed by atoms with Crippen molar-refractivity contribution in [2.75, 3.05) is 6.61 Å². The fourth-order valence-electron chi connectivity index (χ4n) is 2.58. The van der Waals surface area contributed by atoms with Crippen molar-refractivity contribution < 1.29 is 9.53 Å². The van der Waals surface area contributed by atoms with Crippen molar-refractivity contribution in [2.24, 2.45) is 0 Å². The fraction of sp³-hybridized carbons (Fsp3) is 0.529. The molecule has 1 atom stereocenters. The van der Waals surface area contributed by atoms with Gasteiger partial charge in [0.25, 0.3) is 0 Å². The second kappa shape index (κ2) is 7.77. The maximum absolute atomic E-state index is 11.0. The summed E-state index contributed by atoms with van der Waals surface area (Å²) in [7, 11) is -1.68. The van der Waals surface area contributed by atoms with Crippen molar-refractivity contribution in [1.29, 1.82) is 0 Å². The van der Waals surface area contributed by atoms with E-state index in [-0.39, 0.29) is 0 Å². The predicted octanol–water partition coefficient (Wildman–Crippen LogP) is 4.47. The second-order valence-corrected chi connectivity index (χ2v) is 10.2. The first-order valence-electron chi connectivity index (χ1n) is 7.58. The molecule has 0 spiro atoms. The lowest BCUT2D eigenvalue weighted by Gasteiger charge is -2.34. The van der Waals surface area contributed by atoms with Crippen LogP contribution in [0.2, 0.25) is 18.1 Å². The van der Waals surface area contributed by atoms with Gasteiger partial charge >= 0.3 is 0 Å². The standard InChI is InChI=1S/C17H28O2Si/c1-5-14-17(18,16-12-10-9-11-13-16)15-19-20(6-2,7-3)8-4/h5,9-13,18H,1,6-8,14-15H2,2-4H3/t17-/m0/s1. The quantitative estimate of drug-likeness (QED) is 0.537. The minimum absolute atomic E-state index is 0.366. The fourth-order valence-corrected chi connectivity index (χ4v) is 5.23. The normalized spacial score (nSPS) is 14.8. The van der Waals surface area contributed by atoms with Gasteiger partial charge in [0, 0.05) is 6.42 Å². The molecule has 0 aliphatic heterocycles. The van der Waals surface area contributed by atoms with Gasteiger partial charge in [0.1, 0.15) is 5.60 Å². The summed E-state index contributed by atoms with van der Waals surface area (Å²) in [4.78, 5) is 0. The molecule has 20 heavy (non-hydrogen) atoms. The van der Waals surface area contributed by atoms with Crippen LogP contribution in [-0.2, 0) is 10.0 Å². The van der Waals surface area contributed by atoms with Gasteiger partial charge in [-0.15, -0.1) is 6.58 Å². The van der Waals surface area contributed by atoms with Crippen molar-refractivity contribution in [3.8, 4) is 0 Å². The molecule has 0 radical (unpaired) electrons. The minimum atomic E-state index is -1.68. The van der Waals surface area contributed by atoms with E-state index >= 15 is 0 Å². The average molecular weight is 292 g/mol. The highest BCUT2D eigenvalue weighted by molar-refractivity contribution is 6.73. The number of hydrogen-bond donors (Lipinski definition) is 1. The summed E-state index contributed by atoms with van der Waals surface area (Å²) >= 11 is 0. The summed E-state index contributed by atoms with van der Waals surface area (Å²) in [6.45, 7) is 10.7. The van der Waals surface area contributed by atoms with Gasteiger partial charge in [0.2, 0.25) is 0 Å². The highest BCUT2D eigenvalue weighted by Crippen LogP contribution is 2.30. The van der Waals surface area contributed by atoms with Crippen molar-refractivity contribution in [2.45, 2.75) is 50.9 Å². The van der Waals surface area contributed by atoms with Crippen molar-refractivity contribution in [3.63, 3.8) is 0 Å². The van der Waals surface area contributed by atoms with Crippen LogP contribution in [0.25, 0.3) is 0 Å². The van der Waals surface area contributed by atoms with Gasteiger partial charge in [0.05, 0.1) is 6.61 Å². The molecular weight excluding hydrogens is 264 g/mol. The Labute approximate surface area is 124 Å². The zero-order valence-corrected chi connectivity index (χ0v) is 14.1. The molecule has 112 valence electrons. The van der Waals surface area contributed by atoms with Crippen molar-refractivity contribution in [3.05, 3.63) is 48.6 Å². The van der Waals surface area contributed by atoms with Crippen LogP contribution in [0.3, 0.4) is 0 Å². The first kappa shape index (κ1) is 17.1. The summed E-state index contributed by atoms with van der Waals surface area (Å²) in [5.74, 6) is 0. The van der Waals surface area contributed by atoms with Crippen LogP contribution < -0.4 is 0 Å². The minimum Gasteiger partial charge on any atom is -0.414 e. The number of benzene rings is 1. The van der Waals surface area contributed by atoms with Gasteiger partial charge in [-0.05, 0) is 23.7 Å². The summed E-state index contributed by atoms with van der Waals surface area (Å²) in [5, 5.41) is 11.0. The average Bonchev–Trinajstić information content (AvgIpc) is 2.50. The lowest BCUT2D eigenvalue weighted by atomic mass is 9.91. The molecule has 0 saturated heterocycles. The smallest absolute Gasteiger partial charge is 0.192 e. The molecule has 0 aliphatic rings. The number of aliphatic hydroxyl groups is 1. The van der Waals surface area contributed by atoms with Crippen LogP contribution in [0.1, 0.15) is 32.8 Å². The van der Waals surface area contributed by atoms with Gasteiger partial charge in [-0.3, -0.25) is 0 Å². The van der Waals surface area contributed by atoms with Crippen molar-refractivity contribution in [1.82, 2.24) is 0 Å². The van der Waals surface area contributed by atoms with E-state index in [0.717, 1.165) is 23.7 Å². The molecular formula is C17H28O2Si. The maximum Gasteiger partial charge on any atom is 0.192 e. The largest absolute Gasteiger partial charge is 0.414 e. The van der Waals surface area contributed by atoms with Crippen LogP contribution in [-0.4, -0.2) is 20.0 Å². The van der Waals surface area contributed by atoms with Crippen LogP contribution in [0.4, 0.5) is 0 Å². The molecule has 0 aliphatic carbocycles. The molecule has 1 N–H and O–H groups in total. The van der Waals surface area contributed by atoms with E-state index in [1.165, 1.54) is 0 Å². The Morgan fingerprint density at radius 3 is 2.15 bits per heavy atom. The predicted molar refractivity (Wildman–Crippen MR) is 88.3 cm³/mol. The van der Waals surface area contributed by atoms with Crippen LogP contribution in [0.5, 0.6) is 0 Å². The Morgan fingerprint density at radius 1 is 1.15 bits per heavy atom. The van der Waals surface area contributed by atoms with Gasteiger partial charge in [-0.25, -0.2) is 0 Å². The molecule has 0 amide bonds. The molecule has 0 bridgehead atoms. The lowest BCUT2D eigenvalue weighted by molar-refractivity contribution is -0.0109. The topological polar surface area (TPSA) is 29.5 Å². The van der Waals surface area contributed by atoms with Gasteiger partial charge < -0.3 is 9.53 Å². The molecule has 1 rings (SSSR count). The molecule has 3 heteroatoms. The summed E-state index contributed by atoms with van der Waals surface area (Å²) in [5.41, 5.74) is -0.0491. The second-order valence-electron chi connectivity index (χ2n) is 5.42. The van der Waals surface area contributed by atoms with Crippen molar-refractivity contribution >= 4 is 8.32 Å². The third-order valence-corrected chi connectivity index (χ3v) is 8.97. The van der Waals surface area contributed by atoms with E-state index in [0.29, 0.717) is 13.0 Å². The molecule has 1 aromatic rings. The Hall–Kier alpha value is -0.903. The lowest BCUT2D eigenvalue weighted by Crippen LogP contribution is -2.42. The first-order valence-corrected chi connectivity index (χ1v) is 10.1. The van der Waals surface area contributed by atoms with E-state index in [1.54, 1.807) is 6.08 Å². The summed E-state index contributed by atoms with van der Waals surface area (Å²) in [6, 6.07) is 13.1. The van der Waals surface area contributed by atoms with Crippen LogP contribution >= 0.6 is 0 Å². The Balaban J connectivity index is 2.90. The van der Waals surface area contributed by atoms with E-state index in [1.807, 2.05) is 30.3 Å². The number of rotatable bonds is 9. The first-order chi connectivity index (χ1) is 9.55. The van der Waals surface area contributed by atoms with Gasteiger partial charge in [-0.1, -0.05) is 57.2 Å². The van der Waals surface area contributed by atoms with Crippen LogP contribution in [0.15, 0.2) is 43.0 Å². The molecule has 1 aromatic carbocycles. The van der Waals surface area contributed by atoms with E-state index in [2.05, 4.69) is 27.4 Å². The SMILES string of the molecule is C=CC[C@](O)(CO[Si](CC)(CC)CC)c1ccccc1. The van der Waals surface area contributed by atoms with E-state index < -0.39 is 13.9 Å². The van der Waals surface area contributed by atoms with Gasteiger partial charge in [0.15, 0.2) is 8.32 Å². The third kappa shape index (κ3) is 4.04. The molecule has 0 heterocycles. The van der Waals surface area contributed by atoms with E-state index in [9.17, 15) is 5.11 Å². The van der Waals surface area contributed by atoms with Crippen LogP contribution in [0, 0.1) is 0 Å². The molecule has 2 nitrogen and oxygen atoms in total. The highest BCUT2D eigenvalue weighted by atomic mass is 28.4. The third-order valence-electron chi connectivity index (χ3n) is 4.34.